The molecule has 1 aliphatic heterocycles. The van der Waals surface area contributed by atoms with Crippen molar-refractivity contribution in [3.63, 3.8) is 0 Å². The minimum absolute atomic E-state index is 0.559. The van der Waals surface area contributed by atoms with Crippen molar-refractivity contribution in [2.75, 3.05) is 6.61 Å². The lowest BCUT2D eigenvalue weighted by atomic mass is 10.1. The Labute approximate surface area is 97.2 Å². The number of H-pyrrole nitrogens is 1. The number of ether oxygens (including phenoxy) is 1. The fourth-order valence-electron chi connectivity index (χ4n) is 1.97. The van der Waals surface area contributed by atoms with Crippen LogP contribution in [0.25, 0.3) is 10.9 Å². The van der Waals surface area contributed by atoms with Gasteiger partial charge in [-0.3, -0.25) is 0 Å². The molecule has 1 aromatic carbocycles. The van der Waals surface area contributed by atoms with Crippen molar-refractivity contribution in [1.29, 1.82) is 0 Å². The molecule has 2 heterocycles. The van der Waals surface area contributed by atoms with Gasteiger partial charge < -0.3 is 9.72 Å². The number of rotatable bonds is 0. The van der Waals surface area contributed by atoms with Crippen molar-refractivity contribution in [1.82, 2.24) is 4.98 Å². The van der Waals surface area contributed by atoms with Crippen LogP contribution in [-0.2, 0) is 11.2 Å². The van der Waals surface area contributed by atoms with Crippen LogP contribution in [0.3, 0.4) is 0 Å². The topological polar surface area (TPSA) is 25.0 Å². The van der Waals surface area contributed by atoms with E-state index in [-0.39, 0.29) is 0 Å². The highest BCUT2D eigenvalue weighted by Crippen LogP contribution is 2.28. The first-order valence-corrected chi connectivity index (χ1v) is 5.51. The van der Waals surface area contributed by atoms with Crippen LogP contribution in [0, 0.1) is 0 Å². The van der Waals surface area contributed by atoms with Gasteiger partial charge in [-0.05, 0) is 36.0 Å². The van der Waals surface area contributed by atoms with Crippen molar-refractivity contribution in [2.24, 2.45) is 0 Å². The minimum atomic E-state index is 0.559. The molecule has 1 N–H and O–H groups in total. The summed E-state index contributed by atoms with van der Waals surface area (Å²) in [6.45, 7) is 0.658. The molecule has 0 radical (unpaired) electrons. The number of aromatic amines is 1. The zero-order valence-electron chi connectivity index (χ0n) is 7.84. The van der Waals surface area contributed by atoms with Gasteiger partial charge in [0.05, 0.1) is 12.3 Å². The summed E-state index contributed by atoms with van der Waals surface area (Å²) >= 11 is 11.1. The number of aromatic nitrogens is 1. The highest BCUT2D eigenvalue weighted by molar-refractivity contribution is 7.80. The van der Waals surface area contributed by atoms with E-state index in [1.165, 1.54) is 5.56 Å². The van der Waals surface area contributed by atoms with Gasteiger partial charge in [0.15, 0.2) is 0 Å². The second-order valence-electron chi connectivity index (χ2n) is 3.55. The molecule has 76 valence electrons. The van der Waals surface area contributed by atoms with E-state index in [4.69, 9.17) is 28.6 Å². The number of hydrogen-bond acceptors (Lipinski definition) is 2. The molecule has 0 bridgehead atoms. The first-order valence-electron chi connectivity index (χ1n) is 4.73. The lowest BCUT2D eigenvalue weighted by Gasteiger charge is -2.13. The number of nitrogens with one attached hydrogen (secondary N) is 1. The Bertz CT molecular complexity index is 561. The summed E-state index contributed by atoms with van der Waals surface area (Å²) < 4.78 is 5.33. The lowest BCUT2D eigenvalue weighted by Crippen LogP contribution is -2.15. The van der Waals surface area contributed by atoms with Crippen molar-refractivity contribution in [3.8, 4) is 0 Å². The number of hydrogen-bond donors (Lipinski definition) is 1. The minimum Gasteiger partial charge on any atom is -0.481 e. The van der Waals surface area contributed by atoms with Crippen LogP contribution in [0.2, 0.25) is 5.02 Å². The molecule has 1 aromatic heterocycles. The molecule has 15 heavy (non-hydrogen) atoms. The van der Waals surface area contributed by atoms with E-state index >= 15 is 0 Å². The quantitative estimate of drug-likeness (QED) is 0.713. The zero-order valence-corrected chi connectivity index (χ0v) is 9.41. The van der Waals surface area contributed by atoms with E-state index < -0.39 is 0 Å². The molecule has 0 unspecified atom stereocenters. The molecule has 0 amide bonds. The third-order valence-corrected chi connectivity index (χ3v) is 3.21. The fraction of sp³-hybridized carbons (Fsp3) is 0.182. The molecular formula is C11H8ClNOS. The average Bonchev–Trinajstić information content (AvgIpc) is 2.58. The molecule has 0 aliphatic carbocycles. The number of thiocarbonyl (C=S) groups is 1. The summed E-state index contributed by atoms with van der Waals surface area (Å²) in [6.07, 6.45) is 0.885. The van der Waals surface area contributed by atoms with Gasteiger partial charge in [-0.25, -0.2) is 0 Å². The van der Waals surface area contributed by atoms with Crippen molar-refractivity contribution >= 4 is 39.8 Å². The zero-order chi connectivity index (χ0) is 10.4. The van der Waals surface area contributed by atoms with Crippen molar-refractivity contribution < 1.29 is 4.74 Å². The molecule has 3 rings (SSSR count). The Morgan fingerprint density at radius 3 is 3.13 bits per heavy atom. The van der Waals surface area contributed by atoms with Crippen LogP contribution in [0.4, 0.5) is 0 Å². The van der Waals surface area contributed by atoms with Gasteiger partial charge in [-0.1, -0.05) is 11.6 Å². The molecule has 0 saturated carbocycles. The van der Waals surface area contributed by atoms with Crippen LogP contribution in [0.1, 0.15) is 11.3 Å². The van der Waals surface area contributed by atoms with E-state index in [1.807, 2.05) is 18.2 Å². The molecule has 0 atom stereocenters. The second kappa shape index (κ2) is 3.22. The summed E-state index contributed by atoms with van der Waals surface area (Å²) in [5.74, 6) is 0. The van der Waals surface area contributed by atoms with Gasteiger partial charge in [-0.15, -0.1) is 0 Å². The smallest absolute Gasteiger partial charge is 0.208 e. The SMILES string of the molecule is S=C1OCCc2c1[nH]c1ccc(Cl)cc21. The van der Waals surface area contributed by atoms with Crippen LogP contribution in [-0.4, -0.2) is 16.6 Å². The molecule has 2 aromatic rings. The summed E-state index contributed by atoms with van der Waals surface area (Å²) in [6, 6.07) is 5.81. The Balaban J connectivity index is 2.36. The van der Waals surface area contributed by atoms with Gasteiger partial charge in [-0.2, -0.15) is 0 Å². The normalized spacial score (nSPS) is 15.1. The summed E-state index contributed by atoms with van der Waals surface area (Å²) in [5, 5.41) is 2.47. The van der Waals surface area contributed by atoms with Crippen molar-refractivity contribution in [3.05, 3.63) is 34.5 Å². The van der Waals surface area contributed by atoms with E-state index in [1.54, 1.807) is 0 Å². The number of halogens is 1. The third-order valence-electron chi connectivity index (χ3n) is 2.66. The molecule has 2 nitrogen and oxygen atoms in total. The Morgan fingerprint density at radius 1 is 1.40 bits per heavy atom. The van der Waals surface area contributed by atoms with Gasteiger partial charge in [0, 0.05) is 22.3 Å². The van der Waals surface area contributed by atoms with Gasteiger partial charge in [0.25, 0.3) is 0 Å². The first-order chi connectivity index (χ1) is 7.25. The molecule has 0 fully saturated rings. The molecular weight excluding hydrogens is 230 g/mol. The van der Waals surface area contributed by atoms with Gasteiger partial charge in [0.1, 0.15) is 0 Å². The summed E-state index contributed by atoms with van der Waals surface area (Å²) in [4.78, 5) is 3.27. The van der Waals surface area contributed by atoms with E-state index in [0.717, 1.165) is 28.0 Å². The van der Waals surface area contributed by atoms with Crippen molar-refractivity contribution in [2.45, 2.75) is 6.42 Å². The molecule has 0 spiro atoms. The number of fused-ring (bicyclic) bond motifs is 3. The van der Waals surface area contributed by atoms with Crippen LogP contribution in [0.15, 0.2) is 18.2 Å². The number of benzene rings is 1. The monoisotopic (exact) mass is 237 g/mol. The highest BCUT2D eigenvalue weighted by Gasteiger charge is 2.20. The van der Waals surface area contributed by atoms with Gasteiger partial charge in [0.2, 0.25) is 5.05 Å². The maximum absolute atomic E-state index is 5.98. The standard InChI is InChI=1S/C11H8ClNOS/c12-6-1-2-9-8(5-6)7-3-4-14-11(15)10(7)13-9/h1-2,5,13H,3-4H2. The second-order valence-corrected chi connectivity index (χ2v) is 4.36. The largest absolute Gasteiger partial charge is 0.481 e. The Hall–Kier alpha value is -1.06. The Morgan fingerprint density at radius 2 is 2.27 bits per heavy atom. The highest BCUT2D eigenvalue weighted by atomic mass is 35.5. The van der Waals surface area contributed by atoms with Crippen LogP contribution in [0.5, 0.6) is 0 Å². The predicted octanol–water partition coefficient (Wildman–Crippen LogP) is 3.07. The van der Waals surface area contributed by atoms with E-state index in [9.17, 15) is 0 Å². The van der Waals surface area contributed by atoms with Crippen LogP contribution >= 0.6 is 23.8 Å². The Kier molecular flexibility index (Phi) is 1.97. The lowest BCUT2D eigenvalue weighted by molar-refractivity contribution is 0.308. The van der Waals surface area contributed by atoms with E-state index in [0.29, 0.717) is 11.7 Å². The van der Waals surface area contributed by atoms with Gasteiger partial charge >= 0.3 is 0 Å². The average molecular weight is 238 g/mol. The molecule has 0 saturated heterocycles. The molecule has 1 aliphatic rings. The summed E-state index contributed by atoms with van der Waals surface area (Å²) in [7, 11) is 0. The molecule has 4 heteroatoms. The third kappa shape index (κ3) is 1.34. The van der Waals surface area contributed by atoms with Crippen LogP contribution < -0.4 is 0 Å². The maximum atomic E-state index is 5.98. The predicted molar refractivity (Wildman–Crippen MR) is 64.7 cm³/mol. The summed E-state index contributed by atoms with van der Waals surface area (Å²) in [5.41, 5.74) is 3.23. The van der Waals surface area contributed by atoms with E-state index in [2.05, 4.69) is 4.98 Å². The first kappa shape index (κ1) is 9.19. The fourth-order valence-corrected chi connectivity index (χ4v) is 2.40. The maximum Gasteiger partial charge on any atom is 0.208 e.